The highest BCUT2D eigenvalue weighted by Gasteiger charge is 2.07. The molecule has 0 spiro atoms. The Kier molecular flexibility index (Phi) is 2.41. The Balaban J connectivity index is 2.53. The van der Waals surface area contributed by atoms with Gasteiger partial charge in [-0.2, -0.15) is 4.39 Å². The van der Waals surface area contributed by atoms with Gasteiger partial charge < -0.3 is 0 Å². The first kappa shape index (κ1) is 9.71. The molecule has 2 rings (SSSR count). The van der Waals surface area contributed by atoms with Crippen molar-refractivity contribution in [2.45, 2.75) is 0 Å². The summed E-state index contributed by atoms with van der Waals surface area (Å²) >= 11 is 0. The number of rotatable bonds is 1. The molecule has 0 N–H and O–H groups in total. The van der Waals surface area contributed by atoms with Crippen LogP contribution in [0.5, 0.6) is 0 Å². The van der Waals surface area contributed by atoms with Crippen LogP contribution >= 0.6 is 0 Å². The zero-order chi connectivity index (χ0) is 10.8. The van der Waals surface area contributed by atoms with Gasteiger partial charge in [0.05, 0.1) is 6.20 Å². The van der Waals surface area contributed by atoms with Crippen LogP contribution < -0.4 is 0 Å². The molecule has 1 heterocycles. The van der Waals surface area contributed by atoms with E-state index in [0.29, 0.717) is 5.56 Å². The minimum absolute atomic E-state index is 0.0231. The second-order valence-electron chi connectivity index (χ2n) is 3.00. The van der Waals surface area contributed by atoms with Crippen LogP contribution in [0.3, 0.4) is 0 Å². The summed E-state index contributed by atoms with van der Waals surface area (Å²) in [6, 6.07) is 6.12. The van der Waals surface area contributed by atoms with E-state index in [1.807, 2.05) is 0 Å². The maximum absolute atomic E-state index is 13.2. The quantitative estimate of drug-likeness (QED) is 0.657. The highest BCUT2D eigenvalue weighted by atomic mass is 19.1. The summed E-state index contributed by atoms with van der Waals surface area (Å²) in [5, 5.41) is 0. The third-order valence-electron chi connectivity index (χ3n) is 1.96. The first-order valence-corrected chi connectivity index (χ1v) is 4.24. The molecule has 0 unspecified atom stereocenters. The van der Waals surface area contributed by atoms with Crippen molar-refractivity contribution in [2.75, 3.05) is 0 Å². The SMILES string of the molecule is Fc1ccc(-c2cc(F)cnc2F)cc1. The molecule has 0 bridgehead atoms. The number of halogens is 3. The molecule has 0 atom stereocenters. The van der Waals surface area contributed by atoms with Crippen molar-refractivity contribution >= 4 is 0 Å². The fourth-order valence-corrected chi connectivity index (χ4v) is 1.25. The molecule has 1 aromatic carbocycles. The fraction of sp³-hybridized carbons (Fsp3) is 0. The van der Waals surface area contributed by atoms with Crippen LogP contribution in [0, 0.1) is 17.6 Å². The average molecular weight is 209 g/mol. The lowest BCUT2D eigenvalue weighted by Gasteiger charge is -2.02. The van der Waals surface area contributed by atoms with Crippen LogP contribution in [0.25, 0.3) is 11.1 Å². The molecule has 1 nitrogen and oxygen atoms in total. The first-order valence-electron chi connectivity index (χ1n) is 4.24. The van der Waals surface area contributed by atoms with E-state index in [9.17, 15) is 13.2 Å². The Morgan fingerprint density at radius 3 is 2.20 bits per heavy atom. The lowest BCUT2D eigenvalue weighted by atomic mass is 10.1. The Hall–Kier alpha value is -1.84. The van der Waals surface area contributed by atoms with E-state index >= 15 is 0 Å². The molecule has 0 aliphatic heterocycles. The molecule has 0 saturated heterocycles. The molecule has 0 amide bonds. The second-order valence-corrected chi connectivity index (χ2v) is 3.00. The van der Waals surface area contributed by atoms with Gasteiger partial charge in [-0.1, -0.05) is 12.1 Å². The van der Waals surface area contributed by atoms with Gasteiger partial charge in [-0.3, -0.25) is 0 Å². The van der Waals surface area contributed by atoms with Crippen molar-refractivity contribution in [3.8, 4) is 11.1 Å². The molecular weight excluding hydrogens is 203 g/mol. The van der Waals surface area contributed by atoms with E-state index in [4.69, 9.17) is 0 Å². The topological polar surface area (TPSA) is 12.9 Å². The van der Waals surface area contributed by atoms with E-state index in [0.717, 1.165) is 12.3 Å². The van der Waals surface area contributed by atoms with Crippen molar-refractivity contribution < 1.29 is 13.2 Å². The van der Waals surface area contributed by atoms with Gasteiger partial charge >= 0.3 is 0 Å². The molecule has 0 fully saturated rings. The monoisotopic (exact) mass is 209 g/mol. The van der Waals surface area contributed by atoms with Crippen LogP contribution in [0.15, 0.2) is 36.5 Å². The van der Waals surface area contributed by atoms with E-state index in [2.05, 4.69) is 4.98 Å². The van der Waals surface area contributed by atoms with Gasteiger partial charge in [0.25, 0.3) is 0 Å². The van der Waals surface area contributed by atoms with Crippen LogP contribution in [0.4, 0.5) is 13.2 Å². The van der Waals surface area contributed by atoms with Crippen molar-refractivity contribution in [3.05, 3.63) is 54.1 Å². The zero-order valence-corrected chi connectivity index (χ0v) is 7.55. The minimum Gasteiger partial charge on any atom is -0.225 e. The number of nitrogens with zero attached hydrogens (tertiary/aromatic N) is 1. The summed E-state index contributed by atoms with van der Waals surface area (Å²) in [7, 11) is 0. The molecule has 4 heteroatoms. The Morgan fingerprint density at radius 2 is 1.53 bits per heavy atom. The largest absolute Gasteiger partial charge is 0.225 e. The van der Waals surface area contributed by atoms with Crippen LogP contribution in [-0.4, -0.2) is 4.98 Å². The lowest BCUT2D eigenvalue weighted by Crippen LogP contribution is -1.90. The summed E-state index contributed by atoms with van der Waals surface area (Å²) < 4.78 is 38.6. The van der Waals surface area contributed by atoms with E-state index in [1.54, 1.807) is 0 Å². The third kappa shape index (κ3) is 1.98. The number of hydrogen-bond donors (Lipinski definition) is 0. The molecule has 0 radical (unpaired) electrons. The highest BCUT2D eigenvalue weighted by molar-refractivity contribution is 5.62. The van der Waals surface area contributed by atoms with Crippen molar-refractivity contribution in [1.82, 2.24) is 4.98 Å². The zero-order valence-electron chi connectivity index (χ0n) is 7.55. The molecule has 2 aromatic rings. The summed E-state index contributed by atoms with van der Waals surface area (Å²) in [5.74, 6) is -1.83. The van der Waals surface area contributed by atoms with Gasteiger partial charge in [-0.25, -0.2) is 13.8 Å². The predicted octanol–water partition coefficient (Wildman–Crippen LogP) is 3.17. The van der Waals surface area contributed by atoms with E-state index in [1.165, 1.54) is 24.3 Å². The second kappa shape index (κ2) is 3.73. The fourth-order valence-electron chi connectivity index (χ4n) is 1.25. The number of hydrogen-bond acceptors (Lipinski definition) is 1. The van der Waals surface area contributed by atoms with Crippen LogP contribution in [0.2, 0.25) is 0 Å². The molecule has 0 aliphatic rings. The van der Waals surface area contributed by atoms with Gasteiger partial charge in [-0.15, -0.1) is 0 Å². The summed E-state index contributed by atoms with van der Waals surface area (Å²) in [6.07, 6.45) is 0.794. The Bertz CT molecular complexity index is 480. The first-order chi connectivity index (χ1) is 7.16. The molecule has 0 saturated carbocycles. The van der Waals surface area contributed by atoms with Crippen molar-refractivity contribution in [2.24, 2.45) is 0 Å². The summed E-state index contributed by atoms with van der Waals surface area (Å²) in [4.78, 5) is 3.24. The van der Waals surface area contributed by atoms with Crippen LogP contribution in [0.1, 0.15) is 0 Å². The van der Waals surface area contributed by atoms with Crippen LogP contribution in [-0.2, 0) is 0 Å². The highest BCUT2D eigenvalue weighted by Crippen LogP contribution is 2.22. The average Bonchev–Trinajstić information content (AvgIpc) is 2.23. The molecular formula is C11H6F3N. The minimum atomic E-state index is -0.775. The Morgan fingerprint density at radius 1 is 0.867 bits per heavy atom. The van der Waals surface area contributed by atoms with Gasteiger partial charge in [0.1, 0.15) is 11.6 Å². The lowest BCUT2D eigenvalue weighted by molar-refractivity contribution is 0.563. The van der Waals surface area contributed by atoms with Crippen molar-refractivity contribution in [1.29, 1.82) is 0 Å². The van der Waals surface area contributed by atoms with E-state index < -0.39 is 17.6 Å². The van der Waals surface area contributed by atoms with Gasteiger partial charge in [-0.05, 0) is 23.8 Å². The number of benzene rings is 1. The normalized spacial score (nSPS) is 10.3. The maximum atomic E-state index is 13.2. The molecule has 15 heavy (non-hydrogen) atoms. The van der Waals surface area contributed by atoms with Gasteiger partial charge in [0.15, 0.2) is 0 Å². The number of aromatic nitrogens is 1. The molecule has 76 valence electrons. The predicted molar refractivity (Wildman–Crippen MR) is 49.5 cm³/mol. The van der Waals surface area contributed by atoms with E-state index in [-0.39, 0.29) is 5.56 Å². The molecule has 1 aromatic heterocycles. The number of pyridine rings is 1. The van der Waals surface area contributed by atoms with Gasteiger partial charge in [0, 0.05) is 5.56 Å². The summed E-state index contributed by atoms with van der Waals surface area (Å²) in [5.41, 5.74) is 0.413. The third-order valence-corrected chi connectivity index (χ3v) is 1.96. The van der Waals surface area contributed by atoms with Crippen molar-refractivity contribution in [3.63, 3.8) is 0 Å². The maximum Gasteiger partial charge on any atom is 0.220 e. The summed E-state index contributed by atoms with van der Waals surface area (Å²) in [6.45, 7) is 0. The smallest absolute Gasteiger partial charge is 0.220 e. The Labute approximate surface area is 84.2 Å². The molecule has 0 aliphatic carbocycles. The van der Waals surface area contributed by atoms with Gasteiger partial charge in [0.2, 0.25) is 5.95 Å². The standard InChI is InChI=1S/C11H6F3N/c12-8-3-1-7(2-4-8)10-5-9(13)6-15-11(10)14/h1-6H.